The van der Waals surface area contributed by atoms with E-state index < -0.39 is 7.12 Å². The van der Waals surface area contributed by atoms with Crippen LogP contribution in [0.15, 0.2) is 147 Å². The van der Waals surface area contributed by atoms with Crippen molar-refractivity contribution in [1.82, 2.24) is 0 Å². The van der Waals surface area contributed by atoms with Crippen molar-refractivity contribution >= 4 is 84.3 Å². The molecule has 0 aliphatic carbocycles. The smallest absolute Gasteiger partial charge is 0.465 e. The lowest BCUT2D eigenvalue weighted by Gasteiger charge is -2.08. The Hall–Kier alpha value is -5.68. The first-order valence-corrected chi connectivity index (χ1v) is 16.3. The molecule has 0 fully saturated rings. The summed E-state index contributed by atoms with van der Waals surface area (Å²) in [7, 11) is 1.24. The molecule has 0 saturated carbocycles. The first kappa shape index (κ1) is 34.2. The average Bonchev–Trinajstić information content (AvgIpc) is 3.73. The van der Waals surface area contributed by atoms with Gasteiger partial charge in [0, 0.05) is 37.0 Å². The Kier molecular flexibility index (Phi) is 10.4. The molecule has 0 aliphatic rings. The Balaban J connectivity index is 0.000000139. The third kappa shape index (κ3) is 6.90. The number of fused-ring (bicyclic) bond motifs is 6. The van der Waals surface area contributed by atoms with E-state index in [0.29, 0.717) is 22.2 Å². The molecule has 0 atom stereocenters. The molecule has 50 heavy (non-hydrogen) atoms. The summed E-state index contributed by atoms with van der Waals surface area (Å²) in [6.07, 6.45) is 0. The van der Waals surface area contributed by atoms with Crippen LogP contribution < -0.4 is 5.46 Å². The topological polar surface area (TPSA) is 119 Å². The quantitative estimate of drug-likeness (QED) is 0.137. The number of carbonyl (C=O) groups is 2. The lowest BCUT2D eigenvalue weighted by Crippen LogP contribution is -2.29. The van der Waals surface area contributed by atoms with E-state index in [2.05, 4.69) is 20.7 Å². The second-order valence-electron chi connectivity index (χ2n) is 11.0. The maximum Gasteiger partial charge on any atom is 0.492 e. The monoisotopic (exact) mass is 728 g/mol. The van der Waals surface area contributed by atoms with Crippen LogP contribution in [0.4, 0.5) is 0 Å². The van der Waals surface area contributed by atoms with Gasteiger partial charge in [0.2, 0.25) is 0 Å². The number of halogens is 1. The summed E-state index contributed by atoms with van der Waals surface area (Å²) in [6, 6.07) is 41.4. The van der Waals surface area contributed by atoms with E-state index in [4.69, 9.17) is 13.6 Å². The van der Waals surface area contributed by atoms with Crippen LogP contribution in [0.1, 0.15) is 20.7 Å². The number of furan rings is 2. The summed E-state index contributed by atoms with van der Waals surface area (Å²) in [5.74, 6) is -0.675. The van der Waals surface area contributed by atoms with Gasteiger partial charge in [-0.2, -0.15) is 0 Å². The van der Waals surface area contributed by atoms with E-state index in [-0.39, 0.29) is 11.9 Å². The molecule has 0 spiro atoms. The third-order valence-electron chi connectivity index (χ3n) is 8.02. The van der Waals surface area contributed by atoms with E-state index >= 15 is 0 Å². The third-order valence-corrected chi connectivity index (χ3v) is 8.71. The second kappa shape index (κ2) is 15.3. The molecule has 2 N–H and O–H groups in total. The Labute approximate surface area is 295 Å². The fourth-order valence-electron chi connectivity index (χ4n) is 5.67. The normalized spacial score (nSPS) is 10.7. The van der Waals surface area contributed by atoms with Crippen molar-refractivity contribution < 1.29 is 37.9 Å². The molecule has 0 aliphatic heterocycles. The zero-order chi connectivity index (χ0) is 35.2. The van der Waals surface area contributed by atoms with Crippen LogP contribution in [0.2, 0.25) is 0 Å². The minimum absolute atomic E-state index is 0.322. The number of ether oxygens (including phenoxy) is 2. The highest BCUT2D eigenvalue weighted by Gasteiger charge is 2.19. The highest BCUT2D eigenvalue weighted by Crippen LogP contribution is 2.37. The first-order chi connectivity index (χ1) is 24.3. The molecular weight excluding hydrogens is 699 g/mol. The molecule has 0 amide bonds. The van der Waals surface area contributed by atoms with Crippen molar-refractivity contribution in [2.45, 2.75) is 0 Å². The predicted octanol–water partition coefficient (Wildman–Crippen LogP) is 8.54. The molecule has 10 heteroatoms. The summed E-state index contributed by atoms with van der Waals surface area (Å²) in [6.45, 7) is 0. The standard InChI is InChI=1S/C20H14O3.C12H9BO3.C8H7BrO2/c1-22-20(21)17-9-3-2-7-13(17)15-10-6-11-16-14-8-4-5-12-18(14)23-19(15)16;14-13(15)10-6-3-5-9-8-4-1-2-7-11(8)16-12(9)10;1-11-8(10)6-4-2-3-5-7(6)9/h2-12H,1H3;1-7,14-15H;2-5H,1H3. The van der Waals surface area contributed by atoms with Crippen LogP contribution >= 0.6 is 15.9 Å². The van der Waals surface area contributed by atoms with Gasteiger partial charge in [0.05, 0.1) is 25.3 Å². The van der Waals surface area contributed by atoms with Crippen LogP contribution in [0.3, 0.4) is 0 Å². The van der Waals surface area contributed by atoms with E-state index in [0.717, 1.165) is 53.9 Å². The predicted molar refractivity (Wildman–Crippen MR) is 200 cm³/mol. The number of esters is 2. The molecule has 8 nitrogen and oxygen atoms in total. The molecule has 8 rings (SSSR count). The van der Waals surface area contributed by atoms with Gasteiger partial charge in [-0.3, -0.25) is 0 Å². The van der Waals surface area contributed by atoms with E-state index in [9.17, 15) is 19.6 Å². The summed E-state index contributed by atoms with van der Waals surface area (Å²) in [5.41, 5.74) is 6.09. The largest absolute Gasteiger partial charge is 0.492 e. The minimum Gasteiger partial charge on any atom is -0.465 e. The molecule has 8 aromatic rings. The average molecular weight is 729 g/mol. The molecule has 0 radical (unpaired) electrons. The van der Waals surface area contributed by atoms with Gasteiger partial charge in [-0.15, -0.1) is 0 Å². The lowest BCUT2D eigenvalue weighted by molar-refractivity contribution is 0.0591. The number of benzene rings is 6. The van der Waals surface area contributed by atoms with Gasteiger partial charge in [0.25, 0.3) is 0 Å². The Bertz CT molecular complexity index is 2460. The van der Waals surface area contributed by atoms with Crippen LogP contribution in [-0.2, 0) is 9.47 Å². The summed E-state index contributed by atoms with van der Waals surface area (Å²) in [4.78, 5) is 23.0. The fraction of sp³-hybridized carbons (Fsp3) is 0.0500. The maximum atomic E-state index is 12.1. The Morgan fingerprint density at radius 2 is 1.00 bits per heavy atom. The van der Waals surface area contributed by atoms with Gasteiger partial charge >= 0.3 is 19.1 Å². The van der Waals surface area contributed by atoms with Crippen LogP contribution in [0.5, 0.6) is 0 Å². The van der Waals surface area contributed by atoms with Gasteiger partial charge in [0.1, 0.15) is 22.3 Å². The molecule has 248 valence electrons. The lowest BCUT2D eigenvalue weighted by atomic mass is 9.79. The number of carbonyl (C=O) groups excluding carboxylic acids is 2. The van der Waals surface area contributed by atoms with Gasteiger partial charge in [-0.25, -0.2) is 9.59 Å². The molecular formula is C40H30BBrO8. The number of hydrogen-bond donors (Lipinski definition) is 2. The van der Waals surface area contributed by atoms with Crippen molar-refractivity contribution in [3.05, 3.63) is 149 Å². The molecule has 2 aromatic heterocycles. The van der Waals surface area contributed by atoms with Crippen LogP contribution in [-0.4, -0.2) is 43.3 Å². The first-order valence-electron chi connectivity index (χ1n) is 15.5. The Morgan fingerprint density at radius 1 is 0.540 bits per heavy atom. The van der Waals surface area contributed by atoms with E-state index in [1.165, 1.54) is 14.2 Å². The minimum atomic E-state index is -1.51. The number of rotatable bonds is 4. The molecule has 0 unspecified atom stereocenters. The number of hydrogen-bond acceptors (Lipinski definition) is 8. The van der Waals surface area contributed by atoms with Gasteiger partial charge < -0.3 is 28.4 Å². The SMILES string of the molecule is COC(=O)c1ccccc1-c1cccc2c1oc1ccccc12.COC(=O)c1ccccc1Br.OB(O)c1cccc2c1oc1ccccc12. The van der Waals surface area contributed by atoms with Gasteiger partial charge in [0.15, 0.2) is 0 Å². The highest BCUT2D eigenvalue weighted by atomic mass is 79.9. The number of para-hydroxylation sites is 4. The van der Waals surface area contributed by atoms with Crippen LogP contribution in [0, 0.1) is 0 Å². The summed E-state index contributed by atoms with van der Waals surface area (Å²) in [5, 5.41) is 22.5. The second-order valence-corrected chi connectivity index (χ2v) is 11.8. The van der Waals surface area contributed by atoms with Gasteiger partial charge in [-0.1, -0.05) is 103 Å². The molecule has 0 saturated heterocycles. The van der Waals surface area contributed by atoms with Crippen molar-refractivity contribution in [2.24, 2.45) is 0 Å². The summed E-state index contributed by atoms with van der Waals surface area (Å²) < 4.78 is 21.9. The zero-order valence-corrected chi connectivity index (χ0v) is 28.6. The van der Waals surface area contributed by atoms with Crippen molar-refractivity contribution in [2.75, 3.05) is 14.2 Å². The molecule has 6 aromatic carbocycles. The van der Waals surface area contributed by atoms with Gasteiger partial charge in [-0.05, 0) is 51.8 Å². The molecule has 2 heterocycles. The highest BCUT2D eigenvalue weighted by molar-refractivity contribution is 9.10. The van der Waals surface area contributed by atoms with E-state index in [1.807, 2.05) is 97.1 Å². The molecule has 0 bridgehead atoms. The zero-order valence-electron chi connectivity index (χ0n) is 27.0. The maximum absolute atomic E-state index is 12.1. The van der Waals surface area contributed by atoms with Crippen molar-refractivity contribution in [3.8, 4) is 11.1 Å². The van der Waals surface area contributed by atoms with Crippen LogP contribution in [0.25, 0.3) is 55.0 Å². The van der Waals surface area contributed by atoms with E-state index in [1.54, 1.807) is 36.4 Å². The fourth-order valence-corrected chi connectivity index (χ4v) is 6.12. The Morgan fingerprint density at radius 3 is 1.62 bits per heavy atom. The number of methoxy groups -OCH3 is 2. The van der Waals surface area contributed by atoms with Crippen molar-refractivity contribution in [3.63, 3.8) is 0 Å². The van der Waals surface area contributed by atoms with Crippen molar-refractivity contribution in [1.29, 1.82) is 0 Å². The summed E-state index contributed by atoms with van der Waals surface area (Å²) >= 11 is 3.24.